The van der Waals surface area contributed by atoms with Gasteiger partial charge in [0.25, 0.3) is 0 Å². The molecule has 0 heterocycles. The Hall–Kier alpha value is -2.41. The van der Waals surface area contributed by atoms with Crippen molar-refractivity contribution in [1.82, 2.24) is 0 Å². The van der Waals surface area contributed by atoms with Crippen LogP contribution in [0.1, 0.15) is 13.8 Å². The summed E-state index contributed by atoms with van der Waals surface area (Å²) in [4.78, 5) is 32.1. The number of rotatable bonds is 3. The lowest BCUT2D eigenvalue weighted by Gasteiger charge is -1.88. The zero-order valence-electron chi connectivity index (χ0n) is 10.2. The van der Waals surface area contributed by atoms with E-state index in [4.69, 9.17) is 15.5 Å². The third kappa shape index (κ3) is 23.4. The number of carboxylic acids is 2. The van der Waals surface area contributed by atoms with E-state index < -0.39 is 17.9 Å². The van der Waals surface area contributed by atoms with E-state index in [1.807, 2.05) is 0 Å². The molecule has 0 fully saturated rings. The summed E-state index contributed by atoms with van der Waals surface area (Å²) in [5.74, 6) is -2.71. The second kappa shape index (κ2) is 12.7. The molecule has 0 aliphatic rings. The van der Waals surface area contributed by atoms with Crippen molar-refractivity contribution in [3.05, 3.63) is 37.0 Å². The van der Waals surface area contributed by atoms with Crippen molar-refractivity contribution in [1.29, 1.82) is 0 Å². The lowest BCUT2D eigenvalue weighted by atomic mass is 10.4. The first-order valence-corrected chi connectivity index (χ1v) is 4.35. The Morgan fingerprint density at radius 3 is 1.33 bits per heavy atom. The van der Waals surface area contributed by atoms with Gasteiger partial charge in [-0.1, -0.05) is 19.7 Å². The number of hydrogen-bond donors (Lipinski definition) is 3. The molecule has 0 atom stereocenters. The molecule has 0 saturated carbocycles. The minimum Gasteiger partial charge on any atom is -0.478 e. The predicted molar refractivity (Wildman–Crippen MR) is 63.8 cm³/mol. The van der Waals surface area contributed by atoms with Crippen LogP contribution in [0, 0.1) is 0 Å². The van der Waals surface area contributed by atoms with E-state index in [9.17, 15) is 14.4 Å². The maximum Gasteiger partial charge on any atom is 0.367 e. The number of aliphatic carboxylic acids is 2. The van der Waals surface area contributed by atoms with Gasteiger partial charge in [0.05, 0.1) is 0 Å². The Bertz CT molecular complexity index is 329. The zero-order valence-corrected chi connectivity index (χ0v) is 10.2. The first kappa shape index (κ1) is 20.9. The first-order valence-electron chi connectivity index (χ1n) is 4.35. The highest BCUT2D eigenvalue weighted by Crippen LogP contribution is 1.86. The highest BCUT2D eigenvalue weighted by atomic mass is 17.1. The van der Waals surface area contributed by atoms with Crippen LogP contribution in [0.25, 0.3) is 0 Å². The minimum atomic E-state index is -0.981. The molecular weight excluding hydrogens is 244 g/mol. The van der Waals surface area contributed by atoms with Gasteiger partial charge in [0, 0.05) is 17.2 Å². The van der Waals surface area contributed by atoms with E-state index in [0.717, 1.165) is 6.08 Å². The SMILES string of the molecule is C=C(C)C(=O)O.C=C(C)C(=O)OO.C=CC(=O)O. The molecule has 0 aromatic carbocycles. The fourth-order valence-electron chi connectivity index (χ4n) is 0.0779. The molecule has 0 unspecified atom stereocenters. The average molecular weight is 260 g/mol. The molecule has 0 aliphatic heterocycles. The van der Waals surface area contributed by atoms with Crippen molar-refractivity contribution in [2.75, 3.05) is 0 Å². The molecule has 0 aliphatic carbocycles. The molecule has 0 saturated heterocycles. The van der Waals surface area contributed by atoms with Crippen LogP contribution in [0.2, 0.25) is 0 Å². The van der Waals surface area contributed by atoms with Crippen molar-refractivity contribution < 1.29 is 34.7 Å². The lowest BCUT2D eigenvalue weighted by molar-refractivity contribution is -0.229. The maximum absolute atomic E-state index is 9.94. The molecule has 0 bridgehead atoms. The third-order valence-corrected chi connectivity index (χ3v) is 0.971. The average Bonchev–Trinajstić information content (AvgIpc) is 2.29. The Morgan fingerprint density at radius 2 is 1.33 bits per heavy atom. The molecule has 0 radical (unpaired) electrons. The highest BCUT2D eigenvalue weighted by molar-refractivity contribution is 5.86. The van der Waals surface area contributed by atoms with Gasteiger partial charge in [-0.3, -0.25) is 4.89 Å². The molecule has 3 N–H and O–H groups in total. The Balaban J connectivity index is -0.000000190. The molecule has 7 nitrogen and oxygen atoms in total. The molecular formula is C11H16O7. The molecule has 18 heavy (non-hydrogen) atoms. The maximum atomic E-state index is 9.94. The van der Waals surface area contributed by atoms with Gasteiger partial charge in [-0.05, 0) is 13.8 Å². The second-order valence-electron chi connectivity index (χ2n) is 2.79. The van der Waals surface area contributed by atoms with E-state index >= 15 is 0 Å². The topological polar surface area (TPSA) is 121 Å². The molecule has 7 heteroatoms. The van der Waals surface area contributed by atoms with Crippen molar-refractivity contribution in [3.8, 4) is 0 Å². The van der Waals surface area contributed by atoms with Gasteiger partial charge in [-0.15, -0.1) is 0 Å². The summed E-state index contributed by atoms with van der Waals surface area (Å²) in [6, 6.07) is 0. The Labute approximate surface area is 104 Å². The minimum absolute atomic E-state index is 0.176. The van der Waals surface area contributed by atoms with Crippen molar-refractivity contribution in [3.63, 3.8) is 0 Å². The smallest absolute Gasteiger partial charge is 0.367 e. The highest BCUT2D eigenvalue weighted by Gasteiger charge is 1.98. The quantitative estimate of drug-likeness (QED) is 0.399. The van der Waals surface area contributed by atoms with Crippen LogP contribution in [-0.2, 0) is 19.3 Å². The summed E-state index contributed by atoms with van der Waals surface area (Å²) in [6.07, 6.45) is 0.833. The van der Waals surface area contributed by atoms with E-state index in [1.54, 1.807) is 0 Å². The van der Waals surface area contributed by atoms with Gasteiger partial charge in [-0.25, -0.2) is 14.4 Å². The lowest BCUT2D eigenvalue weighted by Crippen LogP contribution is -1.99. The number of carbonyl (C=O) groups excluding carboxylic acids is 1. The summed E-state index contributed by atoms with van der Waals surface area (Å²) in [7, 11) is 0. The van der Waals surface area contributed by atoms with Crippen LogP contribution < -0.4 is 0 Å². The van der Waals surface area contributed by atoms with Crippen molar-refractivity contribution in [2.24, 2.45) is 0 Å². The molecule has 0 spiro atoms. The summed E-state index contributed by atoms with van der Waals surface area (Å²) < 4.78 is 0. The number of hydrogen-bond acceptors (Lipinski definition) is 5. The van der Waals surface area contributed by atoms with Crippen LogP contribution in [0.15, 0.2) is 37.0 Å². The summed E-state index contributed by atoms with van der Waals surface area (Å²) in [5, 5.41) is 23.1. The van der Waals surface area contributed by atoms with Gasteiger partial charge in [-0.2, -0.15) is 5.26 Å². The normalized spacial score (nSPS) is 7.28. The van der Waals surface area contributed by atoms with Crippen molar-refractivity contribution in [2.45, 2.75) is 13.8 Å². The summed E-state index contributed by atoms with van der Waals surface area (Å²) >= 11 is 0. The molecule has 0 aromatic rings. The van der Waals surface area contributed by atoms with E-state index in [2.05, 4.69) is 24.6 Å². The van der Waals surface area contributed by atoms with Crippen molar-refractivity contribution >= 4 is 17.9 Å². The van der Waals surface area contributed by atoms with Crippen LogP contribution in [0.3, 0.4) is 0 Å². The summed E-state index contributed by atoms with van der Waals surface area (Å²) in [6.45, 7) is 12.2. The van der Waals surface area contributed by atoms with Crippen LogP contribution >= 0.6 is 0 Å². The standard InChI is InChI=1S/C4H6O3.C4H6O2.C3H4O2/c1-3(2)4(5)7-6;1-3(2)4(5)6;1-2-3(4)5/h6H,1H2,2H3;1H2,2H3,(H,5,6);2H,1H2,(H,4,5). The Morgan fingerprint density at radius 1 is 1.06 bits per heavy atom. The van der Waals surface area contributed by atoms with E-state index in [-0.39, 0.29) is 11.1 Å². The van der Waals surface area contributed by atoms with Crippen LogP contribution in [0.5, 0.6) is 0 Å². The molecule has 0 rings (SSSR count). The number of carboxylic acid groups (broad SMARTS) is 2. The molecule has 102 valence electrons. The van der Waals surface area contributed by atoms with Gasteiger partial charge >= 0.3 is 17.9 Å². The third-order valence-electron chi connectivity index (χ3n) is 0.971. The Kier molecular flexibility index (Phi) is 14.7. The molecule has 0 aromatic heterocycles. The van der Waals surface area contributed by atoms with E-state index in [1.165, 1.54) is 13.8 Å². The van der Waals surface area contributed by atoms with Crippen LogP contribution in [-0.4, -0.2) is 33.4 Å². The van der Waals surface area contributed by atoms with Gasteiger partial charge < -0.3 is 10.2 Å². The van der Waals surface area contributed by atoms with Crippen LogP contribution in [0.4, 0.5) is 0 Å². The predicted octanol–water partition coefficient (Wildman–Crippen LogP) is 1.48. The fourth-order valence-corrected chi connectivity index (χ4v) is 0.0779. The zero-order chi connectivity index (χ0) is 15.3. The first-order chi connectivity index (χ1) is 8.09. The van der Waals surface area contributed by atoms with E-state index in [0.29, 0.717) is 0 Å². The fraction of sp³-hybridized carbons (Fsp3) is 0.182. The summed E-state index contributed by atoms with van der Waals surface area (Å²) in [5.41, 5.74) is 0.359. The largest absolute Gasteiger partial charge is 0.478 e. The monoisotopic (exact) mass is 260 g/mol. The van der Waals surface area contributed by atoms with Gasteiger partial charge in [0.2, 0.25) is 0 Å². The second-order valence-corrected chi connectivity index (χ2v) is 2.79. The van der Waals surface area contributed by atoms with Gasteiger partial charge in [0.15, 0.2) is 0 Å². The molecule has 0 amide bonds. The van der Waals surface area contributed by atoms with Gasteiger partial charge in [0.1, 0.15) is 0 Å². The number of carbonyl (C=O) groups is 3.